The molecule has 6 rings (SSSR count). The fraction of sp³-hybridized carbons (Fsp3) is 0.345. The maximum atomic E-state index is 13.5. The van der Waals surface area contributed by atoms with Gasteiger partial charge in [0, 0.05) is 13.0 Å². The number of benzene rings is 3. The van der Waals surface area contributed by atoms with Gasteiger partial charge in [-0.15, -0.1) is 0 Å². The van der Waals surface area contributed by atoms with Crippen molar-refractivity contribution >= 4 is 28.6 Å². The molecule has 8 heteroatoms. The molecule has 0 saturated carbocycles. The number of fused-ring (bicyclic) bond motifs is 2. The van der Waals surface area contributed by atoms with Gasteiger partial charge in [0.15, 0.2) is 11.5 Å². The topological polar surface area (TPSA) is 88.2 Å². The van der Waals surface area contributed by atoms with E-state index in [0.29, 0.717) is 36.8 Å². The molecule has 0 spiro atoms. The van der Waals surface area contributed by atoms with Crippen molar-refractivity contribution in [3.63, 3.8) is 0 Å². The van der Waals surface area contributed by atoms with Crippen molar-refractivity contribution in [1.29, 1.82) is 0 Å². The van der Waals surface area contributed by atoms with Gasteiger partial charge in [0.05, 0.1) is 19.3 Å². The molecule has 0 unspecified atom stereocenters. The summed E-state index contributed by atoms with van der Waals surface area (Å²) in [6.07, 6.45) is 2.47. The zero-order chi connectivity index (χ0) is 25.6. The van der Waals surface area contributed by atoms with Gasteiger partial charge in [-0.2, -0.15) is 0 Å². The Hall–Kier alpha value is -4.07. The van der Waals surface area contributed by atoms with E-state index in [-0.39, 0.29) is 18.5 Å². The Morgan fingerprint density at radius 3 is 2.59 bits per heavy atom. The van der Waals surface area contributed by atoms with Crippen LogP contribution in [-0.2, 0) is 15.1 Å². The number of rotatable bonds is 4. The lowest BCUT2D eigenvalue weighted by Crippen LogP contribution is -2.44. The Kier molecular flexibility index (Phi) is 5.74. The number of urea groups is 1. The summed E-state index contributed by atoms with van der Waals surface area (Å²) in [5, 5.41) is 4.86. The van der Waals surface area contributed by atoms with Crippen LogP contribution in [-0.4, -0.2) is 53.9 Å². The first-order valence-electron chi connectivity index (χ1n) is 12.8. The summed E-state index contributed by atoms with van der Waals surface area (Å²) in [6.45, 7) is 3.17. The molecule has 2 saturated heterocycles. The summed E-state index contributed by atoms with van der Waals surface area (Å²) >= 11 is 0. The molecule has 2 fully saturated rings. The van der Waals surface area contributed by atoms with Gasteiger partial charge in [0.25, 0.3) is 5.91 Å². The molecule has 190 valence electrons. The summed E-state index contributed by atoms with van der Waals surface area (Å²) < 4.78 is 11.6. The van der Waals surface area contributed by atoms with E-state index in [1.807, 2.05) is 60.7 Å². The summed E-state index contributed by atoms with van der Waals surface area (Å²) in [6, 6.07) is 18.7. The molecule has 0 aromatic heterocycles. The van der Waals surface area contributed by atoms with Gasteiger partial charge in [-0.3, -0.25) is 14.5 Å². The van der Waals surface area contributed by atoms with Gasteiger partial charge in [-0.05, 0) is 59.9 Å². The van der Waals surface area contributed by atoms with Crippen LogP contribution in [0.4, 0.5) is 4.79 Å². The van der Waals surface area contributed by atoms with E-state index >= 15 is 0 Å². The van der Waals surface area contributed by atoms with E-state index in [0.717, 1.165) is 40.5 Å². The Labute approximate surface area is 215 Å². The number of imide groups is 1. The second-order valence-electron chi connectivity index (χ2n) is 10.0. The molecule has 0 bridgehead atoms. The van der Waals surface area contributed by atoms with E-state index in [9.17, 15) is 14.4 Å². The van der Waals surface area contributed by atoms with Crippen LogP contribution >= 0.6 is 0 Å². The SMILES string of the molecule is C[C@]1(c2ccc3ccccc3c2)NC(=O)N(CC(=O)N2CCC[C@@H]2c2ccc3c(c2)OCCCO3)C1=O. The van der Waals surface area contributed by atoms with Crippen LogP contribution in [0.15, 0.2) is 60.7 Å². The van der Waals surface area contributed by atoms with E-state index < -0.39 is 17.5 Å². The van der Waals surface area contributed by atoms with Crippen LogP contribution in [0.1, 0.15) is 43.4 Å². The third-order valence-electron chi connectivity index (χ3n) is 7.62. The number of nitrogens with zero attached hydrogens (tertiary/aromatic N) is 2. The molecule has 0 aliphatic carbocycles. The highest BCUT2D eigenvalue weighted by molar-refractivity contribution is 6.09. The average molecular weight is 500 g/mol. The maximum Gasteiger partial charge on any atom is 0.325 e. The molecule has 0 radical (unpaired) electrons. The minimum atomic E-state index is -1.24. The van der Waals surface area contributed by atoms with Crippen molar-refractivity contribution in [1.82, 2.24) is 15.1 Å². The lowest BCUT2D eigenvalue weighted by atomic mass is 9.90. The quantitative estimate of drug-likeness (QED) is 0.546. The smallest absolute Gasteiger partial charge is 0.325 e. The average Bonchev–Trinajstić information content (AvgIpc) is 3.39. The fourth-order valence-corrected chi connectivity index (χ4v) is 5.56. The van der Waals surface area contributed by atoms with Gasteiger partial charge in [0.2, 0.25) is 5.91 Å². The summed E-state index contributed by atoms with van der Waals surface area (Å²) in [4.78, 5) is 42.7. The highest BCUT2D eigenvalue weighted by Crippen LogP contribution is 2.38. The molecular formula is C29H29N3O5. The fourth-order valence-electron chi connectivity index (χ4n) is 5.56. The number of hydrogen-bond donors (Lipinski definition) is 1. The van der Waals surface area contributed by atoms with Gasteiger partial charge in [0.1, 0.15) is 12.1 Å². The van der Waals surface area contributed by atoms with Crippen molar-refractivity contribution in [2.24, 2.45) is 0 Å². The van der Waals surface area contributed by atoms with Crippen molar-refractivity contribution in [3.8, 4) is 11.5 Å². The first-order chi connectivity index (χ1) is 17.9. The maximum absolute atomic E-state index is 13.5. The molecule has 3 aromatic rings. The van der Waals surface area contributed by atoms with Crippen LogP contribution in [0.2, 0.25) is 0 Å². The molecule has 8 nitrogen and oxygen atoms in total. The Balaban J connectivity index is 1.21. The largest absolute Gasteiger partial charge is 0.490 e. The predicted octanol–water partition coefficient (Wildman–Crippen LogP) is 4.13. The van der Waals surface area contributed by atoms with Crippen LogP contribution in [0, 0.1) is 0 Å². The van der Waals surface area contributed by atoms with Gasteiger partial charge < -0.3 is 19.7 Å². The predicted molar refractivity (Wildman–Crippen MR) is 137 cm³/mol. The van der Waals surface area contributed by atoms with Crippen LogP contribution in [0.5, 0.6) is 11.5 Å². The third kappa shape index (κ3) is 4.06. The second kappa shape index (κ2) is 9.10. The number of likely N-dealkylation sites (tertiary alicyclic amines) is 1. The van der Waals surface area contributed by atoms with E-state index in [1.165, 1.54) is 0 Å². The highest BCUT2D eigenvalue weighted by atomic mass is 16.5. The number of amides is 4. The molecule has 4 amide bonds. The number of nitrogens with one attached hydrogen (secondary N) is 1. The van der Waals surface area contributed by atoms with E-state index in [2.05, 4.69) is 5.32 Å². The van der Waals surface area contributed by atoms with Gasteiger partial charge in [-0.25, -0.2) is 4.79 Å². The number of hydrogen-bond acceptors (Lipinski definition) is 5. The number of carbonyl (C=O) groups is 3. The van der Waals surface area contributed by atoms with Crippen molar-refractivity contribution in [3.05, 3.63) is 71.8 Å². The Morgan fingerprint density at radius 2 is 1.76 bits per heavy atom. The first kappa shape index (κ1) is 23.3. The number of carbonyl (C=O) groups excluding carboxylic acids is 3. The monoisotopic (exact) mass is 499 g/mol. The summed E-state index contributed by atoms with van der Waals surface area (Å²) in [5.74, 6) is 0.729. The van der Waals surface area contributed by atoms with Gasteiger partial charge >= 0.3 is 6.03 Å². The van der Waals surface area contributed by atoms with Crippen molar-refractivity contribution < 1.29 is 23.9 Å². The highest BCUT2D eigenvalue weighted by Gasteiger charge is 2.50. The van der Waals surface area contributed by atoms with Crippen molar-refractivity contribution in [2.45, 2.75) is 37.8 Å². The zero-order valence-corrected chi connectivity index (χ0v) is 20.7. The Morgan fingerprint density at radius 1 is 0.973 bits per heavy atom. The molecule has 1 N–H and O–H groups in total. The van der Waals surface area contributed by atoms with E-state index in [1.54, 1.807) is 11.8 Å². The summed E-state index contributed by atoms with van der Waals surface area (Å²) in [7, 11) is 0. The molecule has 2 atom stereocenters. The lowest BCUT2D eigenvalue weighted by molar-refractivity contribution is -0.139. The zero-order valence-electron chi connectivity index (χ0n) is 20.7. The van der Waals surface area contributed by atoms with Crippen LogP contribution in [0.3, 0.4) is 0 Å². The molecule has 3 aliphatic heterocycles. The second-order valence-corrected chi connectivity index (χ2v) is 10.0. The van der Waals surface area contributed by atoms with E-state index in [4.69, 9.17) is 9.47 Å². The minimum absolute atomic E-state index is 0.141. The molecule has 3 aromatic carbocycles. The first-order valence-corrected chi connectivity index (χ1v) is 12.8. The third-order valence-corrected chi connectivity index (χ3v) is 7.62. The lowest BCUT2D eigenvalue weighted by Gasteiger charge is -2.27. The summed E-state index contributed by atoms with van der Waals surface area (Å²) in [5.41, 5.74) is 0.416. The normalized spacial score (nSPS) is 23.3. The Bertz CT molecular complexity index is 1410. The molecule has 37 heavy (non-hydrogen) atoms. The number of ether oxygens (including phenoxy) is 2. The van der Waals surface area contributed by atoms with Crippen LogP contribution < -0.4 is 14.8 Å². The minimum Gasteiger partial charge on any atom is -0.490 e. The van der Waals surface area contributed by atoms with Gasteiger partial charge in [-0.1, -0.05) is 42.5 Å². The molecule has 3 heterocycles. The van der Waals surface area contributed by atoms with Crippen LogP contribution in [0.25, 0.3) is 10.8 Å². The van der Waals surface area contributed by atoms with Crippen molar-refractivity contribution in [2.75, 3.05) is 26.3 Å². The molecule has 3 aliphatic rings. The standard InChI is InChI=1S/C29H29N3O5/c1-29(22-11-9-19-6-2-3-7-20(19)16-22)27(34)32(28(35)30-29)18-26(33)31-13-4-8-23(31)21-10-12-24-25(17-21)37-15-5-14-36-24/h2-3,6-7,9-12,16-17,23H,4-5,8,13-15,18H2,1H3,(H,30,35)/t23-,29-/m1/s1. The molecular weight excluding hydrogens is 470 g/mol.